The summed E-state index contributed by atoms with van der Waals surface area (Å²) in [6.45, 7) is 8.63. The Morgan fingerprint density at radius 3 is 2.52 bits per heavy atom. The van der Waals surface area contributed by atoms with E-state index in [0.29, 0.717) is 0 Å². The van der Waals surface area contributed by atoms with Gasteiger partial charge in [0.05, 0.1) is 6.04 Å². The smallest absolute Gasteiger partial charge is 0.410 e. The van der Waals surface area contributed by atoms with Gasteiger partial charge in [-0.1, -0.05) is 18.9 Å². The summed E-state index contributed by atoms with van der Waals surface area (Å²) in [6.07, 6.45) is 8.69. The normalized spacial score (nSPS) is 22.0. The van der Waals surface area contributed by atoms with Gasteiger partial charge in [-0.15, -0.1) is 0 Å². The average Bonchev–Trinajstić information content (AvgIpc) is 2.89. The molecular weight excluding hydrogens is 314 g/mol. The number of ether oxygens (including phenoxy) is 1. The Balaban J connectivity index is 1.84. The van der Waals surface area contributed by atoms with E-state index in [-0.39, 0.29) is 12.1 Å². The third-order valence-corrected chi connectivity index (χ3v) is 4.96. The van der Waals surface area contributed by atoms with Crippen LogP contribution in [0.5, 0.6) is 0 Å². The van der Waals surface area contributed by atoms with Crippen molar-refractivity contribution in [2.24, 2.45) is 0 Å². The van der Waals surface area contributed by atoms with Crippen molar-refractivity contribution in [1.82, 2.24) is 9.88 Å². The number of pyridine rings is 1. The van der Waals surface area contributed by atoms with Gasteiger partial charge in [0.25, 0.3) is 0 Å². The van der Waals surface area contributed by atoms with Crippen LogP contribution in [0.3, 0.4) is 0 Å². The highest BCUT2D eigenvalue weighted by Gasteiger charge is 2.35. The van der Waals surface area contributed by atoms with Crippen LogP contribution in [0.25, 0.3) is 0 Å². The SMILES string of the molecule is CC(C)(C)OC(=O)N1CCC[C@@H]1c1cccnc1N1CCCCCC1. The zero-order valence-electron chi connectivity index (χ0n) is 15.8. The fourth-order valence-corrected chi connectivity index (χ4v) is 3.85. The minimum Gasteiger partial charge on any atom is -0.444 e. The number of anilines is 1. The third-order valence-electron chi connectivity index (χ3n) is 4.96. The van der Waals surface area contributed by atoms with Gasteiger partial charge in [0.2, 0.25) is 0 Å². The zero-order chi connectivity index (χ0) is 17.9. The Bertz CT molecular complexity index is 589. The minimum absolute atomic E-state index is 0.0711. The van der Waals surface area contributed by atoms with Gasteiger partial charge in [-0.25, -0.2) is 9.78 Å². The first-order valence-corrected chi connectivity index (χ1v) is 9.65. The van der Waals surface area contributed by atoms with Crippen LogP contribution in [0.2, 0.25) is 0 Å². The minimum atomic E-state index is -0.465. The van der Waals surface area contributed by atoms with E-state index in [0.717, 1.165) is 38.3 Å². The number of aromatic nitrogens is 1. The van der Waals surface area contributed by atoms with Crippen LogP contribution in [0, 0.1) is 0 Å². The van der Waals surface area contributed by atoms with Crippen molar-refractivity contribution in [3.63, 3.8) is 0 Å². The Hall–Kier alpha value is -1.78. The average molecular weight is 345 g/mol. The summed E-state index contributed by atoms with van der Waals surface area (Å²) in [5, 5.41) is 0. The van der Waals surface area contributed by atoms with Crippen molar-refractivity contribution in [3.05, 3.63) is 23.9 Å². The highest BCUT2D eigenvalue weighted by atomic mass is 16.6. The second-order valence-electron chi connectivity index (χ2n) is 8.15. The molecule has 1 atom stereocenters. The first-order valence-electron chi connectivity index (χ1n) is 9.65. The van der Waals surface area contributed by atoms with Crippen LogP contribution >= 0.6 is 0 Å². The molecule has 25 heavy (non-hydrogen) atoms. The molecule has 2 aliphatic heterocycles. The van der Waals surface area contributed by atoms with Crippen LogP contribution in [0.1, 0.15) is 70.9 Å². The number of hydrogen-bond donors (Lipinski definition) is 0. The van der Waals surface area contributed by atoms with E-state index in [4.69, 9.17) is 9.72 Å². The summed E-state index contributed by atoms with van der Waals surface area (Å²) in [4.78, 5) is 21.7. The molecule has 2 fully saturated rings. The molecule has 1 amide bonds. The van der Waals surface area contributed by atoms with E-state index in [9.17, 15) is 4.79 Å². The van der Waals surface area contributed by atoms with Gasteiger partial charge < -0.3 is 14.5 Å². The molecule has 1 aromatic rings. The lowest BCUT2D eigenvalue weighted by Gasteiger charge is -2.31. The first kappa shape index (κ1) is 18.0. The molecule has 5 nitrogen and oxygen atoms in total. The topological polar surface area (TPSA) is 45.7 Å². The number of nitrogens with zero attached hydrogens (tertiary/aromatic N) is 3. The Morgan fingerprint density at radius 2 is 1.84 bits per heavy atom. The van der Waals surface area contributed by atoms with Crippen molar-refractivity contribution < 1.29 is 9.53 Å². The number of amides is 1. The van der Waals surface area contributed by atoms with E-state index < -0.39 is 5.60 Å². The highest BCUT2D eigenvalue weighted by Crippen LogP contribution is 2.37. The summed E-state index contributed by atoms with van der Waals surface area (Å²) in [5.41, 5.74) is 0.708. The van der Waals surface area contributed by atoms with Crippen LogP contribution < -0.4 is 4.90 Å². The zero-order valence-corrected chi connectivity index (χ0v) is 15.8. The maximum Gasteiger partial charge on any atom is 0.410 e. The molecule has 0 spiro atoms. The standard InChI is InChI=1S/C20H31N3O2/c1-20(2,3)25-19(24)23-15-9-11-17(23)16-10-8-12-21-18(16)22-13-6-4-5-7-14-22/h8,10,12,17H,4-7,9,11,13-15H2,1-3H3/t17-/m1/s1. The van der Waals surface area contributed by atoms with Gasteiger partial charge >= 0.3 is 6.09 Å². The van der Waals surface area contributed by atoms with Gasteiger partial charge in [-0.2, -0.15) is 0 Å². The van der Waals surface area contributed by atoms with E-state index >= 15 is 0 Å². The van der Waals surface area contributed by atoms with E-state index in [1.54, 1.807) is 0 Å². The fraction of sp³-hybridized carbons (Fsp3) is 0.700. The number of hydrogen-bond acceptors (Lipinski definition) is 4. The lowest BCUT2D eigenvalue weighted by Crippen LogP contribution is -2.37. The summed E-state index contributed by atoms with van der Waals surface area (Å²) < 4.78 is 5.63. The number of rotatable bonds is 2. The Morgan fingerprint density at radius 1 is 1.12 bits per heavy atom. The van der Waals surface area contributed by atoms with Gasteiger partial charge in [0.1, 0.15) is 11.4 Å². The fourth-order valence-electron chi connectivity index (χ4n) is 3.85. The molecule has 138 valence electrons. The predicted octanol–water partition coefficient (Wildman–Crippen LogP) is 4.53. The molecule has 2 saturated heterocycles. The van der Waals surface area contributed by atoms with Crippen LogP contribution in [-0.2, 0) is 4.74 Å². The molecule has 0 bridgehead atoms. The molecule has 5 heteroatoms. The third kappa shape index (κ3) is 4.44. The van der Waals surface area contributed by atoms with Crippen molar-refractivity contribution >= 4 is 11.9 Å². The predicted molar refractivity (Wildman–Crippen MR) is 99.8 cm³/mol. The summed E-state index contributed by atoms with van der Waals surface area (Å²) in [6, 6.07) is 4.20. The lowest BCUT2D eigenvalue weighted by atomic mass is 10.0. The molecule has 2 aliphatic rings. The van der Waals surface area contributed by atoms with Gasteiger partial charge in [-0.05, 0) is 52.5 Å². The van der Waals surface area contributed by atoms with E-state index in [1.807, 2.05) is 37.9 Å². The maximum atomic E-state index is 12.7. The van der Waals surface area contributed by atoms with Crippen LogP contribution in [0.4, 0.5) is 10.6 Å². The van der Waals surface area contributed by atoms with Crippen molar-refractivity contribution in [2.45, 2.75) is 70.9 Å². The molecular formula is C20H31N3O2. The highest BCUT2D eigenvalue weighted by molar-refractivity contribution is 5.70. The maximum absolute atomic E-state index is 12.7. The van der Waals surface area contributed by atoms with E-state index in [1.165, 1.54) is 31.2 Å². The summed E-state index contributed by atoms with van der Waals surface area (Å²) in [7, 11) is 0. The van der Waals surface area contributed by atoms with E-state index in [2.05, 4.69) is 11.0 Å². The molecule has 0 saturated carbocycles. The quantitative estimate of drug-likeness (QED) is 0.790. The number of carbonyl (C=O) groups is 1. The van der Waals surface area contributed by atoms with Crippen molar-refractivity contribution in [1.29, 1.82) is 0 Å². The summed E-state index contributed by atoms with van der Waals surface area (Å²) in [5.74, 6) is 1.06. The molecule has 3 heterocycles. The Kier molecular flexibility index (Phi) is 5.50. The molecule has 0 unspecified atom stereocenters. The van der Waals surface area contributed by atoms with Gasteiger partial charge in [0.15, 0.2) is 0 Å². The number of likely N-dealkylation sites (tertiary alicyclic amines) is 1. The van der Waals surface area contributed by atoms with Crippen LogP contribution in [0.15, 0.2) is 18.3 Å². The molecule has 0 aliphatic carbocycles. The largest absolute Gasteiger partial charge is 0.444 e. The van der Waals surface area contributed by atoms with Crippen LogP contribution in [-0.4, -0.2) is 41.2 Å². The van der Waals surface area contributed by atoms with Crippen molar-refractivity contribution in [3.8, 4) is 0 Å². The lowest BCUT2D eigenvalue weighted by molar-refractivity contribution is 0.0224. The van der Waals surface area contributed by atoms with Gasteiger partial charge in [-0.3, -0.25) is 0 Å². The Labute approximate surface area is 151 Å². The van der Waals surface area contributed by atoms with Gasteiger partial charge in [0, 0.05) is 31.4 Å². The molecule has 0 radical (unpaired) electrons. The monoisotopic (exact) mass is 345 g/mol. The summed E-state index contributed by atoms with van der Waals surface area (Å²) >= 11 is 0. The second-order valence-corrected chi connectivity index (χ2v) is 8.15. The van der Waals surface area contributed by atoms with Crippen molar-refractivity contribution in [2.75, 3.05) is 24.5 Å². The number of carbonyl (C=O) groups excluding carboxylic acids is 1. The molecule has 1 aromatic heterocycles. The molecule has 0 N–H and O–H groups in total. The second kappa shape index (κ2) is 7.63. The molecule has 0 aromatic carbocycles. The molecule has 3 rings (SSSR count). The first-order chi connectivity index (χ1) is 12.0.